The van der Waals surface area contributed by atoms with Crippen LogP contribution in [0.25, 0.3) is 10.9 Å². The van der Waals surface area contributed by atoms with Crippen molar-refractivity contribution in [3.8, 4) is 5.75 Å². The molecule has 2 aromatic heterocycles. The molecule has 2 atom stereocenters. The monoisotopic (exact) mass is 576 g/mol. The van der Waals surface area contributed by atoms with Gasteiger partial charge in [-0.15, -0.1) is 0 Å². The van der Waals surface area contributed by atoms with Crippen molar-refractivity contribution in [2.24, 2.45) is 0 Å². The SMILES string of the molecule is Cc1cc(Nc2cc(OCCCN3CC4CC3CN4C(=O)Nc3cccnc3)cc(C(F)(F)F)c2)c2ccccc2n1. The van der Waals surface area contributed by atoms with Crippen molar-refractivity contribution in [1.29, 1.82) is 0 Å². The van der Waals surface area contributed by atoms with E-state index >= 15 is 0 Å². The molecule has 0 spiro atoms. The van der Waals surface area contributed by atoms with Crippen molar-refractivity contribution in [2.45, 2.75) is 38.0 Å². The van der Waals surface area contributed by atoms with E-state index in [4.69, 9.17) is 4.74 Å². The van der Waals surface area contributed by atoms with E-state index < -0.39 is 11.7 Å². The van der Waals surface area contributed by atoms with Gasteiger partial charge in [0.1, 0.15) is 5.75 Å². The number of fused-ring (bicyclic) bond motifs is 3. The Balaban J connectivity index is 1.06. The first-order valence-electron chi connectivity index (χ1n) is 13.9. The van der Waals surface area contributed by atoms with Crippen LogP contribution in [0.5, 0.6) is 5.75 Å². The lowest BCUT2D eigenvalue weighted by atomic mass is 10.1. The molecule has 2 unspecified atom stereocenters. The topological polar surface area (TPSA) is 82.6 Å². The van der Waals surface area contributed by atoms with Gasteiger partial charge in [-0.25, -0.2) is 4.79 Å². The van der Waals surface area contributed by atoms with Gasteiger partial charge in [-0.1, -0.05) is 18.2 Å². The molecular formula is C31H31F3N6O2. The van der Waals surface area contributed by atoms with Crippen LogP contribution in [0.15, 0.2) is 73.1 Å². The summed E-state index contributed by atoms with van der Waals surface area (Å²) in [7, 11) is 0. The number of likely N-dealkylation sites (tertiary alicyclic amines) is 2. The average Bonchev–Trinajstić information content (AvgIpc) is 3.56. The van der Waals surface area contributed by atoms with Crippen LogP contribution in [-0.2, 0) is 6.18 Å². The number of carbonyl (C=O) groups excluding carboxylic acids is 1. The number of hydrogen-bond donors (Lipinski definition) is 2. The summed E-state index contributed by atoms with van der Waals surface area (Å²) in [5.41, 5.74) is 2.37. The quantitative estimate of drug-likeness (QED) is 0.234. The van der Waals surface area contributed by atoms with Crippen molar-refractivity contribution in [3.63, 3.8) is 0 Å². The van der Waals surface area contributed by atoms with Crippen LogP contribution in [-0.4, -0.2) is 64.1 Å². The number of anilines is 3. The fourth-order valence-corrected chi connectivity index (χ4v) is 5.85. The third kappa shape index (κ3) is 6.11. The largest absolute Gasteiger partial charge is 0.493 e. The lowest BCUT2D eigenvalue weighted by Crippen LogP contribution is -2.50. The van der Waals surface area contributed by atoms with Gasteiger partial charge in [-0.3, -0.25) is 14.9 Å². The molecule has 2 fully saturated rings. The third-order valence-electron chi connectivity index (χ3n) is 7.74. The first-order valence-corrected chi connectivity index (χ1v) is 13.9. The number of halogens is 3. The number of para-hydroxylation sites is 1. The van der Waals surface area contributed by atoms with E-state index in [1.54, 1.807) is 30.6 Å². The number of nitrogens with one attached hydrogen (secondary N) is 2. The standard InChI is InChI=1S/C31H31F3N6O2/c1-20-12-29(27-7-2-3-8-28(27)36-20)37-23-13-21(31(32,33)34)14-26(15-23)42-11-5-10-39-18-25-16-24(39)19-40(25)30(41)38-22-6-4-9-35-17-22/h2-4,6-9,12-15,17,24-25H,5,10-11,16,18-19H2,1H3,(H,36,37)(H,38,41). The summed E-state index contributed by atoms with van der Waals surface area (Å²) in [5, 5.41) is 6.87. The number of alkyl halides is 3. The number of ether oxygens (including phenoxy) is 1. The van der Waals surface area contributed by atoms with Crippen LogP contribution in [0.2, 0.25) is 0 Å². The van der Waals surface area contributed by atoms with Gasteiger partial charge in [0.2, 0.25) is 0 Å². The van der Waals surface area contributed by atoms with Gasteiger partial charge in [0.25, 0.3) is 0 Å². The zero-order valence-corrected chi connectivity index (χ0v) is 23.1. The van der Waals surface area contributed by atoms with E-state index in [-0.39, 0.29) is 36.2 Å². The maximum absolute atomic E-state index is 13.8. The molecule has 2 aliphatic rings. The van der Waals surface area contributed by atoms with Gasteiger partial charge in [0, 0.05) is 66.4 Å². The van der Waals surface area contributed by atoms with Crippen molar-refractivity contribution < 1.29 is 22.7 Å². The molecule has 2 amide bonds. The predicted molar refractivity (Wildman–Crippen MR) is 155 cm³/mol. The van der Waals surface area contributed by atoms with Crippen LogP contribution >= 0.6 is 0 Å². The molecule has 2 aliphatic heterocycles. The van der Waals surface area contributed by atoms with E-state index in [2.05, 4.69) is 25.5 Å². The Labute approximate surface area is 241 Å². The Hall–Kier alpha value is -4.38. The molecule has 6 rings (SSSR count). The number of aryl methyl sites for hydroxylation is 1. The molecule has 2 bridgehead atoms. The highest BCUT2D eigenvalue weighted by atomic mass is 19.4. The highest BCUT2D eigenvalue weighted by Crippen LogP contribution is 2.36. The summed E-state index contributed by atoms with van der Waals surface area (Å²) in [6, 6.07) is 16.9. The van der Waals surface area contributed by atoms with E-state index in [9.17, 15) is 18.0 Å². The van der Waals surface area contributed by atoms with Crippen LogP contribution in [0.3, 0.4) is 0 Å². The Morgan fingerprint density at radius 3 is 2.67 bits per heavy atom. The average molecular weight is 577 g/mol. The fraction of sp³-hybridized carbons (Fsp3) is 0.323. The highest BCUT2D eigenvalue weighted by Gasteiger charge is 2.44. The van der Waals surface area contributed by atoms with Crippen LogP contribution in [0, 0.1) is 6.92 Å². The van der Waals surface area contributed by atoms with Crippen molar-refractivity contribution in [3.05, 3.63) is 84.3 Å². The third-order valence-corrected chi connectivity index (χ3v) is 7.74. The second-order valence-electron chi connectivity index (χ2n) is 10.8. The Bertz CT molecular complexity index is 1580. The summed E-state index contributed by atoms with van der Waals surface area (Å²) in [6.45, 7) is 4.27. The van der Waals surface area contributed by atoms with Gasteiger partial charge in [-0.2, -0.15) is 13.2 Å². The molecule has 2 aromatic carbocycles. The number of amides is 2. The first kappa shape index (κ1) is 27.8. The van der Waals surface area contributed by atoms with Crippen molar-refractivity contribution in [1.82, 2.24) is 19.8 Å². The molecule has 218 valence electrons. The lowest BCUT2D eigenvalue weighted by Gasteiger charge is -2.34. The number of nitrogens with zero attached hydrogens (tertiary/aromatic N) is 4. The molecule has 2 N–H and O–H groups in total. The maximum atomic E-state index is 13.8. The molecular weight excluding hydrogens is 545 g/mol. The Kier molecular flexibility index (Phi) is 7.59. The van der Waals surface area contributed by atoms with E-state index in [1.165, 1.54) is 0 Å². The van der Waals surface area contributed by atoms with Gasteiger partial charge < -0.3 is 20.3 Å². The lowest BCUT2D eigenvalue weighted by molar-refractivity contribution is -0.137. The zero-order chi connectivity index (χ0) is 29.3. The normalized spacial score (nSPS) is 18.4. The minimum Gasteiger partial charge on any atom is -0.493 e. The molecule has 0 saturated carbocycles. The van der Waals surface area contributed by atoms with Crippen molar-refractivity contribution >= 4 is 34.0 Å². The predicted octanol–water partition coefficient (Wildman–Crippen LogP) is 6.46. The Morgan fingerprint density at radius 2 is 1.90 bits per heavy atom. The first-order chi connectivity index (χ1) is 20.2. The number of rotatable bonds is 8. The smallest absolute Gasteiger partial charge is 0.416 e. The van der Waals surface area contributed by atoms with Gasteiger partial charge in [0.15, 0.2) is 0 Å². The molecule has 8 nitrogen and oxygen atoms in total. The second kappa shape index (κ2) is 11.5. The Morgan fingerprint density at radius 1 is 1.05 bits per heavy atom. The summed E-state index contributed by atoms with van der Waals surface area (Å²) in [5.74, 6) is 0.156. The van der Waals surface area contributed by atoms with Crippen molar-refractivity contribution in [2.75, 3.05) is 36.9 Å². The minimum atomic E-state index is -4.52. The van der Waals surface area contributed by atoms with Gasteiger partial charge >= 0.3 is 12.2 Å². The van der Waals surface area contributed by atoms with Gasteiger partial charge in [0.05, 0.1) is 29.6 Å². The van der Waals surface area contributed by atoms with E-state index in [1.807, 2.05) is 42.2 Å². The fourth-order valence-electron chi connectivity index (χ4n) is 5.85. The number of piperazine rings is 1. The summed E-state index contributed by atoms with van der Waals surface area (Å²) in [6.07, 6.45) is 0.314. The summed E-state index contributed by atoms with van der Waals surface area (Å²) < 4.78 is 47.1. The molecule has 11 heteroatoms. The summed E-state index contributed by atoms with van der Waals surface area (Å²) >= 11 is 0. The molecule has 0 aliphatic carbocycles. The van der Waals surface area contributed by atoms with E-state index in [0.29, 0.717) is 24.3 Å². The summed E-state index contributed by atoms with van der Waals surface area (Å²) in [4.78, 5) is 25.4. The molecule has 4 heterocycles. The zero-order valence-electron chi connectivity index (χ0n) is 23.1. The highest BCUT2D eigenvalue weighted by molar-refractivity contribution is 5.93. The molecule has 2 saturated heterocycles. The maximum Gasteiger partial charge on any atom is 0.416 e. The molecule has 0 radical (unpaired) electrons. The number of pyridine rings is 2. The second-order valence-corrected chi connectivity index (χ2v) is 10.8. The number of carbonyl (C=O) groups is 1. The number of aromatic nitrogens is 2. The van der Waals surface area contributed by atoms with E-state index in [0.717, 1.165) is 48.2 Å². The minimum absolute atomic E-state index is 0.123. The molecule has 4 aromatic rings. The van der Waals surface area contributed by atoms with Gasteiger partial charge in [-0.05, 0) is 56.2 Å². The number of urea groups is 1. The van der Waals surface area contributed by atoms with Crippen LogP contribution in [0.1, 0.15) is 24.1 Å². The van der Waals surface area contributed by atoms with Crippen LogP contribution in [0.4, 0.5) is 35.0 Å². The van der Waals surface area contributed by atoms with Crippen LogP contribution < -0.4 is 15.4 Å². The number of benzene rings is 2. The number of hydrogen-bond acceptors (Lipinski definition) is 6. The molecule has 42 heavy (non-hydrogen) atoms.